The second kappa shape index (κ2) is 6.90. The summed E-state index contributed by atoms with van der Waals surface area (Å²) in [4.78, 5) is 12.2. The minimum absolute atomic E-state index is 0.00955. The van der Waals surface area contributed by atoms with Crippen LogP contribution in [0.25, 0.3) is 0 Å². The summed E-state index contributed by atoms with van der Waals surface area (Å²) in [5, 5.41) is 0. The SMILES string of the molecule is Cc1ccc(Br)cc1OCC(=O)c1ccc(C(C)C)cc1. The molecule has 2 aromatic rings. The Kier molecular flexibility index (Phi) is 5.18. The van der Waals surface area contributed by atoms with E-state index in [1.165, 1.54) is 5.56 Å². The largest absolute Gasteiger partial charge is 0.485 e. The van der Waals surface area contributed by atoms with Crippen LogP contribution in [0, 0.1) is 6.92 Å². The molecule has 0 saturated heterocycles. The Morgan fingerprint density at radius 1 is 1.14 bits per heavy atom. The summed E-state index contributed by atoms with van der Waals surface area (Å²) in [6.45, 7) is 6.29. The number of rotatable bonds is 5. The van der Waals surface area contributed by atoms with Crippen LogP contribution >= 0.6 is 15.9 Å². The Morgan fingerprint density at radius 3 is 2.43 bits per heavy atom. The fourth-order valence-electron chi connectivity index (χ4n) is 2.01. The standard InChI is InChI=1S/C18H19BrO2/c1-12(2)14-5-7-15(8-6-14)17(20)11-21-18-10-16(19)9-4-13(18)3/h4-10,12H,11H2,1-3H3. The van der Waals surface area contributed by atoms with Crippen molar-refractivity contribution in [1.29, 1.82) is 0 Å². The normalized spacial score (nSPS) is 10.7. The van der Waals surface area contributed by atoms with Crippen LogP contribution in [0.15, 0.2) is 46.9 Å². The van der Waals surface area contributed by atoms with E-state index < -0.39 is 0 Å². The van der Waals surface area contributed by atoms with Crippen LogP contribution in [0.1, 0.15) is 41.3 Å². The number of hydrogen-bond donors (Lipinski definition) is 0. The van der Waals surface area contributed by atoms with Crippen molar-refractivity contribution in [2.75, 3.05) is 6.61 Å². The summed E-state index contributed by atoms with van der Waals surface area (Å²) in [5.74, 6) is 1.19. The molecule has 0 bridgehead atoms. The monoisotopic (exact) mass is 346 g/mol. The Balaban J connectivity index is 2.03. The number of hydrogen-bond acceptors (Lipinski definition) is 2. The quantitative estimate of drug-likeness (QED) is 0.700. The van der Waals surface area contributed by atoms with E-state index in [4.69, 9.17) is 4.74 Å². The first-order valence-electron chi connectivity index (χ1n) is 6.99. The Hall–Kier alpha value is -1.61. The van der Waals surface area contributed by atoms with E-state index >= 15 is 0 Å². The third-order valence-corrected chi connectivity index (χ3v) is 3.90. The summed E-state index contributed by atoms with van der Waals surface area (Å²) in [6, 6.07) is 13.5. The molecule has 0 fully saturated rings. The van der Waals surface area contributed by atoms with Gasteiger partial charge in [-0.2, -0.15) is 0 Å². The number of carbonyl (C=O) groups excluding carboxylic acids is 1. The van der Waals surface area contributed by atoms with Crippen LogP contribution in [-0.4, -0.2) is 12.4 Å². The highest BCUT2D eigenvalue weighted by Gasteiger charge is 2.09. The Morgan fingerprint density at radius 2 is 1.81 bits per heavy atom. The summed E-state index contributed by atoms with van der Waals surface area (Å²) in [5.41, 5.74) is 2.93. The molecule has 0 N–H and O–H groups in total. The van der Waals surface area contributed by atoms with Gasteiger partial charge in [-0.25, -0.2) is 0 Å². The molecule has 21 heavy (non-hydrogen) atoms. The number of ketones is 1. The lowest BCUT2D eigenvalue weighted by Crippen LogP contribution is -2.12. The van der Waals surface area contributed by atoms with E-state index in [1.54, 1.807) is 0 Å². The maximum Gasteiger partial charge on any atom is 0.200 e. The number of ether oxygens (including phenoxy) is 1. The molecule has 0 radical (unpaired) electrons. The van der Waals surface area contributed by atoms with Gasteiger partial charge < -0.3 is 4.74 Å². The third kappa shape index (κ3) is 4.18. The van der Waals surface area contributed by atoms with Gasteiger partial charge in [0.05, 0.1) is 0 Å². The van der Waals surface area contributed by atoms with Crippen molar-refractivity contribution in [2.45, 2.75) is 26.7 Å². The average molecular weight is 347 g/mol. The van der Waals surface area contributed by atoms with Gasteiger partial charge in [-0.15, -0.1) is 0 Å². The van der Waals surface area contributed by atoms with E-state index in [2.05, 4.69) is 29.8 Å². The molecule has 2 aromatic carbocycles. The molecule has 0 heterocycles. The zero-order valence-electron chi connectivity index (χ0n) is 12.5. The molecule has 0 aliphatic rings. The van der Waals surface area contributed by atoms with Gasteiger partial charge in [-0.1, -0.05) is 60.1 Å². The first-order chi connectivity index (χ1) is 9.97. The molecule has 0 amide bonds. The van der Waals surface area contributed by atoms with E-state index in [0.717, 1.165) is 15.8 Å². The number of benzene rings is 2. The molecule has 0 aliphatic carbocycles. The van der Waals surface area contributed by atoms with Crippen LogP contribution in [0.5, 0.6) is 5.75 Å². The molecule has 110 valence electrons. The van der Waals surface area contributed by atoms with E-state index in [-0.39, 0.29) is 12.4 Å². The van der Waals surface area contributed by atoms with Crippen molar-refractivity contribution in [3.63, 3.8) is 0 Å². The summed E-state index contributed by atoms with van der Waals surface area (Å²) in [7, 11) is 0. The molecular weight excluding hydrogens is 328 g/mol. The van der Waals surface area contributed by atoms with E-state index in [1.807, 2.05) is 49.4 Å². The predicted octanol–water partition coefficient (Wildman–Crippen LogP) is 5.14. The molecule has 2 nitrogen and oxygen atoms in total. The smallest absolute Gasteiger partial charge is 0.200 e. The van der Waals surface area contributed by atoms with E-state index in [9.17, 15) is 4.79 Å². The fourth-order valence-corrected chi connectivity index (χ4v) is 2.35. The van der Waals surface area contributed by atoms with Gasteiger partial charge in [0.1, 0.15) is 5.75 Å². The number of carbonyl (C=O) groups is 1. The van der Waals surface area contributed by atoms with Gasteiger partial charge in [-0.05, 0) is 36.1 Å². The van der Waals surface area contributed by atoms with Crippen molar-refractivity contribution in [3.05, 3.63) is 63.6 Å². The summed E-state index contributed by atoms with van der Waals surface area (Å²) in [6.07, 6.45) is 0. The highest BCUT2D eigenvalue weighted by molar-refractivity contribution is 9.10. The Labute approximate surface area is 134 Å². The predicted molar refractivity (Wildman–Crippen MR) is 89.2 cm³/mol. The van der Waals surface area contributed by atoms with Gasteiger partial charge in [0.15, 0.2) is 12.4 Å². The molecule has 3 heteroatoms. The van der Waals surface area contributed by atoms with Crippen LogP contribution in [0.2, 0.25) is 0 Å². The van der Waals surface area contributed by atoms with Crippen molar-refractivity contribution in [1.82, 2.24) is 0 Å². The number of Topliss-reactive ketones (excluding diaryl/α,β-unsaturated/α-hetero) is 1. The second-order valence-electron chi connectivity index (χ2n) is 5.40. The van der Waals surface area contributed by atoms with E-state index in [0.29, 0.717) is 11.5 Å². The van der Waals surface area contributed by atoms with Crippen molar-refractivity contribution in [3.8, 4) is 5.75 Å². The lowest BCUT2D eigenvalue weighted by molar-refractivity contribution is 0.0921. The minimum atomic E-state index is -0.00955. The van der Waals surface area contributed by atoms with Crippen LogP contribution in [0.4, 0.5) is 0 Å². The molecule has 0 unspecified atom stereocenters. The van der Waals surface area contributed by atoms with Gasteiger partial charge >= 0.3 is 0 Å². The fraction of sp³-hybridized carbons (Fsp3) is 0.278. The lowest BCUT2D eigenvalue weighted by Gasteiger charge is -2.10. The molecule has 0 aliphatic heterocycles. The lowest BCUT2D eigenvalue weighted by atomic mass is 10.0. The molecular formula is C18H19BrO2. The maximum atomic E-state index is 12.2. The van der Waals surface area contributed by atoms with Gasteiger partial charge in [-0.3, -0.25) is 4.79 Å². The van der Waals surface area contributed by atoms with Crippen molar-refractivity contribution >= 4 is 21.7 Å². The minimum Gasteiger partial charge on any atom is -0.485 e. The summed E-state index contributed by atoms with van der Waals surface area (Å²) >= 11 is 3.40. The maximum absolute atomic E-state index is 12.2. The topological polar surface area (TPSA) is 26.3 Å². The number of halogens is 1. The molecule has 0 saturated carbocycles. The van der Waals surface area contributed by atoms with Crippen molar-refractivity contribution in [2.24, 2.45) is 0 Å². The zero-order chi connectivity index (χ0) is 15.4. The molecule has 0 spiro atoms. The molecule has 0 atom stereocenters. The van der Waals surface area contributed by atoms with Gasteiger partial charge in [0, 0.05) is 10.0 Å². The highest BCUT2D eigenvalue weighted by Crippen LogP contribution is 2.23. The second-order valence-corrected chi connectivity index (χ2v) is 6.31. The zero-order valence-corrected chi connectivity index (χ0v) is 14.1. The third-order valence-electron chi connectivity index (χ3n) is 3.41. The number of aryl methyl sites for hydroxylation is 1. The van der Waals surface area contributed by atoms with Crippen LogP contribution in [0.3, 0.4) is 0 Å². The Bertz CT molecular complexity index is 630. The summed E-state index contributed by atoms with van der Waals surface area (Å²) < 4.78 is 6.57. The van der Waals surface area contributed by atoms with Gasteiger partial charge in [0.2, 0.25) is 0 Å². The first-order valence-corrected chi connectivity index (χ1v) is 7.79. The average Bonchev–Trinajstić information content (AvgIpc) is 2.48. The van der Waals surface area contributed by atoms with Gasteiger partial charge in [0.25, 0.3) is 0 Å². The first kappa shape index (κ1) is 15.8. The van der Waals surface area contributed by atoms with Crippen LogP contribution in [-0.2, 0) is 0 Å². The molecule has 0 aromatic heterocycles. The molecule has 2 rings (SSSR count). The highest BCUT2D eigenvalue weighted by atomic mass is 79.9. The van der Waals surface area contributed by atoms with Crippen LogP contribution < -0.4 is 4.74 Å². The van der Waals surface area contributed by atoms with Crippen molar-refractivity contribution < 1.29 is 9.53 Å².